The van der Waals surface area contributed by atoms with Gasteiger partial charge in [-0.2, -0.15) is 0 Å². The van der Waals surface area contributed by atoms with Crippen LogP contribution in [0.15, 0.2) is 28.1 Å². The van der Waals surface area contributed by atoms with Gasteiger partial charge in [-0.05, 0) is 37.3 Å². The van der Waals surface area contributed by atoms with Crippen LogP contribution in [0.3, 0.4) is 0 Å². The molecular formula is C14H18ClN3O4S. The van der Waals surface area contributed by atoms with Crippen LogP contribution in [-0.2, 0) is 4.79 Å². The van der Waals surface area contributed by atoms with E-state index in [-0.39, 0.29) is 18.1 Å². The zero-order valence-electron chi connectivity index (χ0n) is 12.2. The number of nitrogens with two attached hydrogens (primary N) is 1. The standard InChI is InChI=1S/C14H17N3O4S.ClH/c15-6-2-1-4-9(14(19)20)16-13(18)10-8-11(21-17-10)12-5-3-7-22-12;/h3,5,7-9H,1-2,4,6,15H2,(H,16,18)(H,19,20);1H/t9-;/m0./s1. The number of nitrogens with zero attached hydrogens (tertiary/aromatic N) is 1. The van der Waals surface area contributed by atoms with Gasteiger partial charge in [-0.15, -0.1) is 23.7 Å². The summed E-state index contributed by atoms with van der Waals surface area (Å²) < 4.78 is 5.11. The SMILES string of the molecule is Cl.NCCCC[C@H](NC(=O)c1cc(-c2cccs2)on1)C(=O)O. The number of unbranched alkanes of at least 4 members (excludes halogenated alkanes) is 1. The molecule has 0 spiro atoms. The maximum Gasteiger partial charge on any atom is 0.326 e. The lowest BCUT2D eigenvalue weighted by Crippen LogP contribution is -2.40. The summed E-state index contributed by atoms with van der Waals surface area (Å²) in [5.74, 6) is -1.16. The smallest absolute Gasteiger partial charge is 0.326 e. The monoisotopic (exact) mass is 359 g/mol. The van der Waals surface area contributed by atoms with E-state index in [1.165, 1.54) is 17.4 Å². The summed E-state index contributed by atoms with van der Waals surface area (Å²) in [5.41, 5.74) is 5.44. The molecule has 126 valence electrons. The van der Waals surface area contributed by atoms with Crippen LogP contribution in [0.5, 0.6) is 0 Å². The van der Waals surface area contributed by atoms with Crippen LogP contribution in [-0.4, -0.2) is 34.7 Å². The number of carboxylic acid groups (broad SMARTS) is 1. The molecule has 0 aliphatic heterocycles. The fraction of sp³-hybridized carbons (Fsp3) is 0.357. The average molecular weight is 360 g/mol. The van der Waals surface area contributed by atoms with Crippen molar-refractivity contribution in [3.63, 3.8) is 0 Å². The molecule has 0 bridgehead atoms. The highest BCUT2D eigenvalue weighted by Gasteiger charge is 2.22. The van der Waals surface area contributed by atoms with Crippen LogP contribution < -0.4 is 11.1 Å². The van der Waals surface area contributed by atoms with Crippen molar-refractivity contribution in [2.24, 2.45) is 5.73 Å². The number of thiophene rings is 1. The Morgan fingerprint density at radius 2 is 2.22 bits per heavy atom. The molecule has 2 aromatic rings. The number of carboxylic acids is 1. The molecule has 0 unspecified atom stereocenters. The molecule has 2 aromatic heterocycles. The van der Waals surface area contributed by atoms with Gasteiger partial charge in [-0.25, -0.2) is 4.79 Å². The third kappa shape index (κ3) is 5.34. The van der Waals surface area contributed by atoms with Crippen molar-refractivity contribution >= 4 is 35.6 Å². The average Bonchev–Trinajstić information content (AvgIpc) is 3.16. The molecule has 0 saturated heterocycles. The summed E-state index contributed by atoms with van der Waals surface area (Å²) in [7, 11) is 0. The fourth-order valence-corrected chi connectivity index (χ4v) is 2.57. The van der Waals surface area contributed by atoms with Crippen molar-refractivity contribution in [2.45, 2.75) is 25.3 Å². The summed E-state index contributed by atoms with van der Waals surface area (Å²) in [6.07, 6.45) is 1.67. The molecule has 0 aliphatic rings. The third-order valence-electron chi connectivity index (χ3n) is 3.06. The second-order valence-corrected chi connectivity index (χ2v) is 5.65. The summed E-state index contributed by atoms with van der Waals surface area (Å²) in [5, 5.41) is 17.2. The van der Waals surface area contributed by atoms with E-state index in [9.17, 15) is 9.59 Å². The first-order valence-electron chi connectivity index (χ1n) is 6.86. The number of carbonyl (C=O) groups is 2. The first-order valence-corrected chi connectivity index (χ1v) is 7.74. The van der Waals surface area contributed by atoms with E-state index in [0.717, 1.165) is 4.88 Å². The van der Waals surface area contributed by atoms with Gasteiger partial charge in [-0.3, -0.25) is 4.79 Å². The number of hydrogen-bond donors (Lipinski definition) is 3. The largest absolute Gasteiger partial charge is 0.480 e. The number of halogens is 1. The van der Waals surface area contributed by atoms with E-state index in [1.807, 2.05) is 17.5 Å². The number of aromatic nitrogens is 1. The number of nitrogens with one attached hydrogen (secondary N) is 1. The van der Waals surface area contributed by atoms with Crippen molar-refractivity contribution in [2.75, 3.05) is 6.54 Å². The second kappa shape index (κ2) is 9.29. The molecule has 0 radical (unpaired) electrons. The molecule has 0 aromatic carbocycles. The quantitative estimate of drug-likeness (QED) is 0.621. The Hall–Kier alpha value is -1.90. The van der Waals surface area contributed by atoms with Crippen molar-refractivity contribution in [1.82, 2.24) is 10.5 Å². The van der Waals surface area contributed by atoms with Crippen LogP contribution >= 0.6 is 23.7 Å². The highest BCUT2D eigenvalue weighted by molar-refractivity contribution is 7.13. The van der Waals surface area contributed by atoms with E-state index in [4.69, 9.17) is 15.4 Å². The molecule has 0 aliphatic carbocycles. The van der Waals surface area contributed by atoms with Gasteiger partial charge < -0.3 is 20.7 Å². The van der Waals surface area contributed by atoms with Crippen LogP contribution in [0.1, 0.15) is 29.8 Å². The first-order chi connectivity index (χ1) is 10.6. The maximum absolute atomic E-state index is 12.1. The zero-order chi connectivity index (χ0) is 15.9. The minimum atomic E-state index is -1.08. The topological polar surface area (TPSA) is 118 Å². The lowest BCUT2D eigenvalue weighted by atomic mass is 10.1. The molecule has 7 nitrogen and oxygen atoms in total. The van der Waals surface area contributed by atoms with Gasteiger partial charge >= 0.3 is 5.97 Å². The van der Waals surface area contributed by atoms with Crippen molar-refractivity contribution in [3.05, 3.63) is 29.3 Å². The summed E-state index contributed by atoms with van der Waals surface area (Å²) in [6.45, 7) is 0.494. The van der Waals surface area contributed by atoms with E-state index in [1.54, 1.807) is 0 Å². The van der Waals surface area contributed by atoms with E-state index < -0.39 is 17.9 Å². The highest BCUT2D eigenvalue weighted by atomic mass is 35.5. The molecule has 23 heavy (non-hydrogen) atoms. The number of rotatable bonds is 8. The Bertz CT molecular complexity index is 630. The first kappa shape index (κ1) is 19.1. The number of aliphatic carboxylic acids is 1. The summed E-state index contributed by atoms with van der Waals surface area (Å²) in [6, 6.07) is 4.25. The maximum atomic E-state index is 12.1. The van der Waals surface area contributed by atoms with E-state index >= 15 is 0 Å². The predicted octanol–water partition coefficient (Wildman–Crippen LogP) is 2.14. The van der Waals surface area contributed by atoms with Gasteiger partial charge in [0.25, 0.3) is 5.91 Å². The van der Waals surface area contributed by atoms with Crippen molar-refractivity contribution in [3.8, 4) is 10.6 Å². The Morgan fingerprint density at radius 1 is 1.43 bits per heavy atom. The molecule has 2 heterocycles. The molecular weight excluding hydrogens is 342 g/mol. The Balaban J connectivity index is 0.00000264. The fourth-order valence-electron chi connectivity index (χ4n) is 1.90. The molecule has 1 amide bonds. The van der Waals surface area contributed by atoms with Crippen LogP contribution in [0, 0.1) is 0 Å². The minimum Gasteiger partial charge on any atom is -0.480 e. The highest BCUT2D eigenvalue weighted by Crippen LogP contribution is 2.25. The number of amides is 1. The Labute approximate surface area is 143 Å². The molecule has 9 heteroatoms. The van der Waals surface area contributed by atoms with Crippen LogP contribution in [0.2, 0.25) is 0 Å². The lowest BCUT2D eigenvalue weighted by Gasteiger charge is -2.12. The Morgan fingerprint density at radius 3 is 2.83 bits per heavy atom. The van der Waals surface area contributed by atoms with Crippen LogP contribution in [0.4, 0.5) is 0 Å². The number of carbonyl (C=O) groups excluding carboxylic acids is 1. The van der Waals surface area contributed by atoms with Gasteiger partial charge in [0.05, 0.1) is 4.88 Å². The summed E-state index contributed by atoms with van der Waals surface area (Å²) in [4.78, 5) is 24.1. The third-order valence-corrected chi connectivity index (χ3v) is 3.94. The molecule has 1 atom stereocenters. The van der Waals surface area contributed by atoms with Gasteiger partial charge in [0.2, 0.25) is 0 Å². The van der Waals surface area contributed by atoms with Gasteiger partial charge in [0.1, 0.15) is 6.04 Å². The molecule has 0 fully saturated rings. The minimum absolute atomic E-state index is 0. The molecule has 2 rings (SSSR count). The zero-order valence-corrected chi connectivity index (χ0v) is 13.9. The van der Waals surface area contributed by atoms with E-state index in [2.05, 4.69) is 10.5 Å². The summed E-state index contributed by atoms with van der Waals surface area (Å²) >= 11 is 1.46. The van der Waals surface area contributed by atoms with Crippen molar-refractivity contribution < 1.29 is 19.2 Å². The Kier molecular flexibility index (Phi) is 7.73. The molecule has 4 N–H and O–H groups in total. The van der Waals surface area contributed by atoms with E-state index in [0.29, 0.717) is 31.6 Å². The molecule has 0 saturated carbocycles. The normalized spacial score (nSPS) is 11.5. The number of hydrogen-bond acceptors (Lipinski definition) is 6. The predicted molar refractivity (Wildman–Crippen MR) is 88.9 cm³/mol. The van der Waals surface area contributed by atoms with Gasteiger partial charge in [0, 0.05) is 6.07 Å². The van der Waals surface area contributed by atoms with Crippen molar-refractivity contribution in [1.29, 1.82) is 0 Å². The van der Waals surface area contributed by atoms with Gasteiger partial charge in [-0.1, -0.05) is 11.2 Å². The second-order valence-electron chi connectivity index (χ2n) is 4.70. The van der Waals surface area contributed by atoms with Gasteiger partial charge in [0.15, 0.2) is 11.5 Å². The van der Waals surface area contributed by atoms with Crippen LogP contribution in [0.25, 0.3) is 10.6 Å². The lowest BCUT2D eigenvalue weighted by molar-refractivity contribution is -0.139.